The fourth-order valence-electron chi connectivity index (χ4n) is 1.33. The molecule has 0 saturated carbocycles. The van der Waals surface area contributed by atoms with E-state index < -0.39 is 11.8 Å². The van der Waals surface area contributed by atoms with Crippen molar-refractivity contribution in [2.75, 3.05) is 0 Å². The van der Waals surface area contributed by atoms with Gasteiger partial charge in [0.1, 0.15) is 5.82 Å². The molecule has 15 heavy (non-hydrogen) atoms. The van der Waals surface area contributed by atoms with Crippen molar-refractivity contribution >= 4 is 32.8 Å². The SMILES string of the molecule is O=C(O)c1ccnc2cc(Br)c(F)cc12. The molecule has 0 fully saturated rings. The van der Waals surface area contributed by atoms with Gasteiger partial charge in [0.15, 0.2) is 0 Å². The number of benzene rings is 1. The maximum Gasteiger partial charge on any atom is 0.336 e. The number of hydrogen-bond acceptors (Lipinski definition) is 2. The lowest BCUT2D eigenvalue weighted by molar-refractivity contribution is 0.0699. The average molecular weight is 270 g/mol. The Morgan fingerprint density at radius 3 is 2.87 bits per heavy atom. The number of halogens is 2. The first-order valence-corrected chi connectivity index (χ1v) is 4.86. The molecular formula is C10H5BrFNO2. The number of carboxylic acids is 1. The molecule has 0 amide bonds. The van der Waals surface area contributed by atoms with Gasteiger partial charge in [-0.2, -0.15) is 0 Å². The molecule has 0 aliphatic rings. The van der Waals surface area contributed by atoms with Crippen LogP contribution in [0, 0.1) is 5.82 Å². The van der Waals surface area contributed by atoms with E-state index in [9.17, 15) is 9.18 Å². The second-order valence-electron chi connectivity index (χ2n) is 2.95. The zero-order valence-corrected chi connectivity index (χ0v) is 8.95. The zero-order valence-electron chi connectivity index (χ0n) is 7.37. The maximum atomic E-state index is 13.2. The predicted octanol–water partition coefficient (Wildman–Crippen LogP) is 2.83. The molecule has 2 rings (SSSR count). The Morgan fingerprint density at radius 1 is 1.47 bits per heavy atom. The van der Waals surface area contributed by atoms with Crippen LogP contribution in [0.25, 0.3) is 10.9 Å². The van der Waals surface area contributed by atoms with Crippen molar-refractivity contribution < 1.29 is 14.3 Å². The van der Waals surface area contributed by atoms with E-state index in [2.05, 4.69) is 20.9 Å². The Bertz CT molecular complexity index is 556. The molecule has 1 heterocycles. The smallest absolute Gasteiger partial charge is 0.336 e. The second kappa shape index (κ2) is 3.58. The number of pyridine rings is 1. The van der Waals surface area contributed by atoms with Crippen LogP contribution in [0.2, 0.25) is 0 Å². The normalized spacial score (nSPS) is 10.5. The predicted molar refractivity (Wildman–Crippen MR) is 56.4 cm³/mol. The van der Waals surface area contributed by atoms with Gasteiger partial charge in [0.2, 0.25) is 0 Å². The summed E-state index contributed by atoms with van der Waals surface area (Å²) in [5, 5.41) is 9.18. The van der Waals surface area contributed by atoms with Gasteiger partial charge in [0.25, 0.3) is 0 Å². The van der Waals surface area contributed by atoms with Crippen molar-refractivity contribution in [3.63, 3.8) is 0 Å². The minimum absolute atomic E-state index is 0.0476. The molecule has 0 saturated heterocycles. The number of carboxylic acid groups (broad SMARTS) is 1. The first-order chi connectivity index (χ1) is 7.09. The summed E-state index contributed by atoms with van der Waals surface area (Å²) in [6.07, 6.45) is 1.39. The van der Waals surface area contributed by atoms with E-state index in [1.165, 1.54) is 18.3 Å². The Kier molecular flexibility index (Phi) is 2.40. The Hall–Kier alpha value is -1.49. The number of aromatic carboxylic acids is 1. The molecule has 1 N–H and O–H groups in total. The summed E-state index contributed by atoms with van der Waals surface area (Å²) in [7, 11) is 0. The molecule has 0 radical (unpaired) electrons. The minimum atomic E-state index is -1.09. The van der Waals surface area contributed by atoms with Crippen LogP contribution in [0.3, 0.4) is 0 Å². The molecule has 0 spiro atoms. The Morgan fingerprint density at radius 2 is 2.20 bits per heavy atom. The van der Waals surface area contributed by atoms with E-state index in [-0.39, 0.29) is 10.0 Å². The van der Waals surface area contributed by atoms with Gasteiger partial charge in [-0.1, -0.05) is 0 Å². The minimum Gasteiger partial charge on any atom is -0.478 e. The van der Waals surface area contributed by atoms with Crippen molar-refractivity contribution in [1.82, 2.24) is 4.98 Å². The molecule has 3 nitrogen and oxygen atoms in total. The summed E-state index contributed by atoms with van der Waals surface area (Å²) in [5.74, 6) is -1.60. The Labute approximate surface area is 92.7 Å². The van der Waals surface area contributed by atoms with Gasteiger partial charge in [-0.25, -0.2) is 9.18 Å². The summed E-state index contributed by atoms with van der Waals surface area (Å²) in [6.45, 7) is 0. The molecule has 5 heteroatoms. The van der Waals surface area contributed by atoms with Crippen LogP contribution in [-0.4, -0.2) is 16.1 Å². The van der Waals surface area contributed by atoms with Crippen molar-refractivity contribution in [2.24, 2.45) is 0 Å². The molecule has 76 valence electrons. The van der Waals surface area contributed by atoms with E-state index >= 15 is 0 Å². The molecule has 0 aliphatic carbocycles. The summed E-state index contributed by atoms with van der Waals surface area (Å²) in [4.78, 5) is 14.8. The monoisotopic (exact) mass is 269 g/mol. The largest absolute Gasteiger partial charge is 0.478 e. The molecule has 0 atom stereocenters. The van der Waals surface area contributed by atoms with Crippen LogP contribution in [0.5, 0.6) is 0 Å². The van der Waals surface area contributed by atoms with Crippen molar-refractivity contribution in [2.45, 2.75) is 0 Å². The van der Waals surface area contributed by atoms with E-state index in [4.69, 9.17) is 5.11 Å². The van der Waals surface area contributed by atoms with Gasteiger partial charge < -0.3 is 5.11 Å². The van der Waals surface area contributed by atoms with Gasteiger partial charge in [0, 0.05) is 11.6 Å². The number of carbonyl (C=O) groups is 1. The van der Waals surface area contributed by atoms with Crippen LogP contribution in [0.4, 0.5) is 4.39 Å². The van der Waals surface area contributed by atoms with Gasteiger partial charge in [-0.15, -0.1) is 0 Å². The van der Waals surface area contributed by atoms with Crippen LogP contribution in [0.1, 0.15) is 10.4 Å². The highest BCUT2D eigenvalue weighted by Gasteiger charge is 2.11. The third-order valence-corrected chi connectivity index (χ3v) is 2.62. The number of hydrogen-bond donors (Lipinski definition) is 1. The molecule has 2 aromatic rings. The number of fused-ring (bicyclic) bond motifs is 1. The van der Waals surface area contributed by atoms with Crippen molar-refractivity contribution in [3.8, 4) is 0 Å². The average Bonchev–Trinajstić information content (AvgIpc) is 2.18. The summed E-state index contributed by atoms with van der Waals surface area (Å²) in [6, 6.07) is 3.96. The summed E-state index contributed by atoms with van der Waals surface area (Å²) in [5.41, 5.74) is 0.495. The molecular weight excluding hydrogens is 265 g/mol. The first kappa shape index (κ1) is 10.0. The molecule has 0 unspecified atom stereocenters. The molecule has 0 aliphatic heterocycles. The highest BCUT2D eigenvalue weighted by molar-refractivity contribution is 9.10. The van der Waals surface area contributed by atoms with Gasteiger partial charge in [0.05, 0.1) is 15.6 Å². The fourth-order valence-corrected chi connectivity index (χ4v) is 1.66. The second-order valence-corrected chi connectivity index (χ2v) is 3.80. The maximum absolute atomic E-state index is 13.2. The van der Waals surface area contributed by atoms with E-state index in [0.717, 1.165) is 6.07 Å². The molecule has 1 aromatic carbocycles. The van der Waals surface area contributed by atoms with Crippen LogP contribution in [-0.2, 0) is 0 Å². The number of nitrogens with zero attached hydrogens (tertiary/aromatic N) is 1. The molecule has 0 bridgehead atoms. The highest BCUT2D eigenvalue weighted by atomic mass is 79.9. The first-order valence-electron chi connectivity index (χ1n) is 4.06. The zero-order chi connectivity index (χ0) is 11.0. The molecule has 1 aromatic heterocycles. The van der Waals surface area contributed by atoms with Crippen LogP contribution in [0.15, 0.2) is 28.9 Å². The lowest BCUT2D eigenvalue weighted by Gasteiger charge is -2.02. The summed E-state index contributed by atoms with van der Waals surface area (Å²) < 4.78 is 13.5. The van der Waals surface area contributed by atoms with Crippen molar-refractivity contribution in [3.05, 3.63) is 40.2 Å². The van der Waals surface area contributed by atoms with E-state index in [1.54, 1.807) is 0 Å². The van der Waals surface area contributed by atoms with E-state index in [0.29, 0.717) is 10.9 Å². The standard InChI is InChI=1S/C10H5BrFNO2/c11-7-4-9-6(3-8(7)12)5(10(14)15)1-2-13-9/h1-4H,(H,14,15). The number of rotatable bonds is 1. The topological polar surface area (TPSA) is 50.2 Å². The quantitative estimate of drug-likeness (QED) is 0.866. The van der Waals surface area contributed by atoms with Gasteiger partial charge in [-0.05, 0) is 34.1 Å². The van der Waals surface area contributed by atoms with Gasteiger partial charge in [-0.3, -0.25) is 4.98 Å². The summed E-state index contributed by atoms with van der Waals surface area (Å²) >= 11 is 3.02. The van der Waals surface area contributed by atoms with Crippen molar-refractivity contribution in [1.29, 1.82) is 0 Å². The Balaban J connectivity index is 2.86. The third kappa shape index (κ3) is 1.70. The highest BCUT2D eigenvalue weighted by Crippen LogP contribution is 2.24. The third-order valence-electron chi connectivity index (χ3n) is 2.01. The number of aromatic nitrogens is 1. The van der Waals surface area contributed by atoms with E-state index in [1.807, 2.05) is 0 Å². The lowest BCUT2D eigenvalue weighted by atomic mass is 10.1. The lowest BCUT2D eigenvalue weighted by Crippen LogP contribution is -1.98. The van der Waals surface area contributed by atoms with Gasteiger partial charge >= 0.3 is 5.97 Å². The van der Waals surface area contributed by atoms with Crippen LogP contribution < -0.4 is 0 Å². The fraction of sp³-hybridized carbons (Fsp3) is 0. The van der Waals surface area contributed by atoms with Crippen LogP contribution >= 0.6 is 15.9 Å².